The standard InChI is InChI=1S/C15H22FNO2/c1-17-10-11-6-7-15(14(16)8-11)19-13-5-3-4-12(9-13)18-2/h6-8,12-13,17H,3-5,9-10H2,1-2H3. The molecule has 0 radical (unpaired) electrons. The quantitative estimate of drug-likeness (QED) is 0.890. The summed E-state index contributed by atoms with van der Waals surface area (Å²) in [6.07, 6.45) is 4.25. The third-order valence-electron chi connectivity index (χ3n) is 3.58. The zero-order chi connectivity index (χ0) is 13.7. The Hall–Kier alpha value is -1.13. The van der Waals surface area contributed by atoms with Gasteiger partial charge in [0.25, 0.3) is 0 Å². The molecule has 19 heavy (non-hydrogen) atoms. The average molecular weight is 267 g/mol. The van der Waals surface area contributed by atoms with Crippen molar-refractivity contribution in [2.75, 3.05) is 14.2 Å². The molecule has 0 bridgehead atoms. The van der Waals surface area contributed by atoms with Crippen LogP contribution < -0.4 is 10.1 Å². The first kappa shape index (κ1) is 14.3. The molecule has 0 amide bonds. The maximum absolute atomic E-state index is 13.9. The van der Waals surface area contributed by atoms with E-state index in [-0.39, 0.29) is 18.0 Å². The van der Waals surface area contributed by atoms with Crippen LogP contribution in [0.15, 0.2) is 18.2 Å². The summed E-state index contributed by atoms with van der Waals surface area (Å²) in [5.41, 5.74) is 0.922. The minimum atomic E-state index is -0.285. The molecule has 1 aliphatic carbocycles. The first-order chi connectivity index (χ1) is 9.22. The molecule has 1 aromatic rings. The number of hydrogen-bond acceptors (Lipinski definition) is 3. The fraction of sp³-hybridized carbons (Fsp3) is 0.600. The van der Waals surface area contributed by atoms with Gasteiger partial charge in [-0.15, -0.1) is 0 Å². The molecular formula is C15H22FNO2. The molecular weight excluding hydrogens is 245 g/mol. The second kappa shape index (κ2) is 6.87. The molecule has 2 unspecified atom stereocenters. The zero-order valence-corrected chi connectivity index (χ0v) is 11.6. The Morgan fingerprint density at radius 1 is 1.32 bits per heavy atom. The zero-order valence-electron chi connectivity index (χ0n) is 11.6. The molecule has 1 N–H and O–H groups in total. The number of halogens is 1. The van der Waals surface area contributed by atoms with E-state index in [0.717, 1.165) is 31.2 Å². The van der Waals surface area contributed by atoms with Crippen LogP contribution in [-0.4, -0.2) is 26.4 Å². The van der Waals surface area contributed by atoms with E-state index in [0.29, 0.717) is 12.3 Å². The number of ether oxygens (including phenoxy) is 2. The molecule has 0 saturated heterocycles. The second-order valence-electron chi connectivity index (χ2n) is 5.06. The van der Waals surface area contributed by atoms with Crippen LogP contribution in [-0.2, 0) is 11.3 Å². The summed E-state index contributed by atoms with van der Waals surface area (Å²) < 4.78 is 25.1. The van der Waals surface area contributed by atoms with Crippen LogP contribution in [0.25, 0.3) is 0 Å². The number of methoxy groups -OCH3 is 1. The average Bonchev–Trinajstić information content (AvgIpc) is 2.42. The molecule has 3 nitrogen and oxygen atoms in total. The Labute approximate surface area is 114 Å². The fourth-order valence-corrected chi connectivity index (χ4v) is 2.56. The predicted octanol–water partition coefficient (Wildman–Crippen LogP) is 2.88. The van der Waals surface area contributed by atoms with E-state index < -0.39 is 0 Å². The molecule has 0 aliphatic heterocycles. The Bertz CT molecular complexity index is 411. The number of rotatable bonds is 5. The highest BCUT2D eigenvalue weighted by Gasteiger charge is 2.23. The maximum Gasteiger partial charge on any atom is 0.165 e. The van der Waals surface area contributed by atoms with Gasteiger partial charge in [-0.1, -0.05) is 6.07 Å². The van der Waals surface area contributed by atoms with Gasteiger partial charge < -0.3 is 14.8 Å². The fourth-order valence-electron chi connectivity index (χ4n) is 2.56. The summed E-state index contributed by atoms with van der Waals surface area (Å²) in [4.78, 5) is 0. The van der Waals surface area contributed by atoms with Crippen LogP contribution in [0.1, 0.15) is 31.2 Å². The van der Waals surface area contributed by atoms with E-state index in [4.69, 9.17) is 9.47 Å². The lowest BCUT2D eigenvalue weighted by atomic mass is 9.95. The summed E-state index contributed by atoms with van der Waals surface area (Å²) in [6.45, 7) is 0.659. The second-order valence-corrected chi connectivity index (χ2v) is 5.06. The van der Waals surface area contributed by atoms with Gasteiger partial charge in [-0.25, -0.2) is 4.39 Å². The van der Waals surface area contributed by atoms with Crippen molar-refractivity contribution in [3.8, 4) is 5.75 Å². The molecule has 2 rings (SSSR count). The van der Waals surface area contributed by atoms with E-state index in [2.05, 4.69) is 5.32 Å². The largest absolute Gasteiger partial charge is 0.487 e. The molecule has 1 aliphatic rings. The third kappa shape index (κ3) is 3.91. The lowest BCUT2D eigenvalue weighted by molar-refractivity contribution is 0.0197. The number of hydrogen-bond donors (Lipinski definition) is 1. The van der Waals surface area contributed by atoms with Crippen molar-refractivity contribution < 1.29 is 13.9 Å². The SMILES string of the molecule is CNCc1ccc(OC2CCCC(OC)C2)c(F)c1. The van der Waals surface area contributed by atoms with Crippen LogP contribution in [0.5, 0.6) is 5.75 Å². The molecule has 1 saturated carbocycles. The van der Waals surface area contributed by atoms with Crippen molar-refractivity contribution >= 4 is 0 Å². The van der Waals surface area contributed by atoms with Crippen molar-refractivity contribution in [2.45, 2.75) is 44.4 Å². The topological polar surface area (TPSA) is 30.5 Å². The third-order valence-corrected chi connectivity index (χ3v) is 3.58. The number of nitrogens with one attached hydrogen (secondary N) is 1. The van der Waals surface area contributed by atoms with Crippen molar-refractivity contribution in [1.82, 2.24) is 5.32 Å². The summed E-state index contributed by atoms with van der Waals surface area (Å²) in [7, 11) is 3.56. The minimum absolute atomic E-state index is 0.0587. The van der Waals surface area contributed by atoms with Crippen molar-refractivity contribution in [3.63, 3.8) is 0 Å². The van der Waals surface area contributed by atoms with Gasteiger partial charge in [0.05, 0.1) is 6.10 Å². The maximum atomic E-state index is 13.9. The Morgan fingerprint density at radius 3 is 2.79 bits per heavy atom. The van der Waals surface area contributed by atoms with E-state index in [9.17, 15) is 4.39 Å². The van der Waals surface area contributed by atoms with Crippen molar-refractivity contribution in [2.24, 2.45) is 0 Å². The summed E-state index contributed by atoms with van der Waals surface area (Å²) in [5, 5.41) is 3.00. The van der Waals surface area contributed by atoms with E-state index in [1.54, 1.807) is 13.2 Å². The van der Waals surface area contributed by atoms with Crippen LogP contribution in [0, 0.1) is 5.82 Å². The van der Waals surface area contributed by atoms with Gasteiger partial charge in [0.15, 0.2) is 11.6 Å². The molecule has 1 fully saturated rings. The van der Waals surface area contributed by atoms with Gasteiger partial charge in [-0.2, -0.15) is 0 Å². The van der Waals surface area contributed by atoms with E-state index >= 15 is 0 Å². The molecule has 1 aromatic carbocycles. The summed E-state index contributed by atoms with van der Waals surface area (Å²) in [6, 6.07) is 5.15. The van der Waals surface area contributed by atoms with Gasteiger partial charge in [-0.3, -0.25) is 0 Å². The molecule has 0 spiro atoms. The smallest absolute Gasteiger partial charge is 0.165 e. The highest BCUT2D eigenvalue weighted by Crippen LogP contribution is 2.27. The lowest BCUT2D eigenvalue weighted by Crippen LogP contribution is -2.29. The van der Waals surface area contributed by atoms with Crippen LogP contribution in [0.3, 0.4) is 0 Å². The van der Waals surface area contributed by atoms with Gasteiger partial charge in [0.1, 0.15) is 6.10 Å². The molecule has 4 heteroatoms. The summed E-state index contributed by atoms with van der Waals surface area (Å²) in [5.74, 6) is 0.0638. The molecule has 2 atom stereocenters. The Morgan fingerprint density at radius 2 is 2.11 bits per heavy atom. The van der Waals surface area contributed by atoms with Gasteiger partial charge in [0.2, 0.25) is 0 Å². The highest BCUT2D eigenvalue weighted by molar-refractivity contribution is 5.29. The first-order valence-corrected chi connectivity index (χ1v) is 6.85. The van der Waals surface area contributed by atoms with Crippen LogP contribution in [0.4, 0.5) is 4.39 Å². The predicted molar refractivity (Wildman–Crippen MR) is 72.8 cm³/mol. The summed E-state index contributed by atoms with van der Waals surface area (Å²) >= 11 is 0. The van der Waals surface area contributed by atoms with Gasteiger partial charge in [0, 0.05) is 20.1 Å². The van der Waals surface area contributed by atoms with Gasteiger partial charge in [-0.05, 0) is 44.0 Å². The Balaban J connectivity index is 1.98. The van der Waals surface area contributed by atoms with Crippen LogP contribution in [0.2, 0.25) is 0 Å². The van der Waals surface area contributed by atoms with E-state index in [1.165, 1.54) is 6.07 Å². The van der Waals surface area contributed by atoms with Crippen LogP contribution >= 0.6 is 0 Å². The Kier molecular flexibility index (Phi) is 5.16. The lowest BCUT2D eigenvalue weighted by Gasteiger charge is -2.28. The van der Waals surface area contributed by atoms with E-state index in [1.807, 2.05) is 13.1 Å². The van der Waals surface area contributed by atoms with Crippen molar-refractivity contribution in [1.29, 1.82) is 0 Å². The van der Waals surface area contributed by atoms with Gasteiger partial charge >= 0.3 is 0 Å². The van der Waals surface area contributed by atoms with Crippen molar-refractivity contribution in [3.05, 3.63) is 29.6 Å². The number of benzene rings is 1. The normalized spacial score (nSPS) is 23.3. The minimum Gasteiger partial charge on any atom is -0.487 e. The highest BCUT2D eigenvalue weighted by atomic mass is 19.1. The first-order valence-electron chi connectivity index (χ1n) is 6.85. The molecule has 0 aromatic heterocycles. The monoisotopic (exact) mass is 267 g/mol. The molecule has 106 valence electrons. The molecule has 0 heterocycles.